The van der Waals surface area contributed by atoms with Crippen molar-refractivity contribution in [3.63, 3.8) is 0 Å². The molecule has 108 valence electrons. The molecule has 0 radical (unpaired) electrons. The zero-order chi connectivity index (χ0) is 14.0. The number of ether oxygens (including phenoxy) is 1. The Balaban J connectivity index is 3.44. The molecule has 0 N–H and O–H groups in total. The minimum atomic E-state index is 0.146. The lowest BCUT2D eigenvalue weighted by molar-refractivity contribution is -0.125. The average molecular weight is 257 g/mol. The van der Waals surface area contributed by atoms with Crippen molar-refractivity contribution in [2.75, 3.05) is 26.7 Å². The second-order valence-electron chi connectivity index (χ2n) is 5.84. The Labute approximate surface area is 113 Å². The van der Waals surface area contributed by atoms with Crippen molar-refractivity contribution in [2.24, 2.45) is 5.92 Å². The zero-order valence-electron chi connectivity index (χ0n) is 12.9. The first-order valence-electron chi connectivity index (χ1n) is 7.23. The molecule has 0 atom stereocenters. The lowest BCUT2D eigenvalue weighted by atomic mass is 10.1. The summed E-state index contributed by atoms with van der Waals surface area (Å²) in [6.45, 7) is 10.8. The summed E-state index contributed by atoms with van der Waals surface area (Å²) < 4.78 is 5.29. The topological polar surface area (TPSA) is 29.5 Å². The van der Waals surface area contributed by atoms with Gasteiger partial charge in [0.1, 0.15) is 6.61 Å². The monoisotopic (exact) mass is 257 g/mol. The molecule has 0 saturated carbocycles. The molecule has 3 nitrogen and oxygen atoms in total. The summed E-state index contributed by atoms with van der Waals surface area (Å²) in [7, 11) is 2.13. The summed E-state index contributed by atoms with van der Waals surface area (Å²) >= 11 is 0. The van der Waals surface area contributed by atoms with Crippen LogP contribution in [0.25, 0.3) is 0 Å². The van der Waals surface area contributed by atoms with Crippen LogP contribution in [0.1, 0.15) is 53.4 Å². The third-order valence-corrected chi connectivity index (χ3v) is 2.89. The van der Waals surface area contributed by atoms with Crippen LogP contribution in [0.4, 0.5) is 0 Å². The number of carbonyl (C=O) groups excluding carboxylic acids is 1. The van der Waals surface area contributed by atoms with Crippen molar-refractivity contribution in [3.05, 3.63) is 0 Å². The summed E-state index contributed by atoms with van der Waals surface area (Å²) in [5, 5.41) is 0. The third-order valence-electron chi connectivity index (χ3n) is 2.89. The van der Waals surface area contributed by atoms with E-state index in [4.69, 9.17) is 4.74 Å². The van der Waals surface area contributed by atoms with E-state index in [1.807, 2.05) is 13.8 Å². The highest BCUT2D eigenvalue weighted by Crippen LogP contribution is 2.04. The van der Waals surface area contributed by atoms with E-state index in [-0.39, 0.29) is 18.5 Å². The number of nitrogens with zero attached hydrogens (tertiary/aromatic N) is 1. The number of hydrogen-bond donors (Lipinski definition) is 0. The Bertz CT molecular complexity index is 215. The van der Waals surface area contributed by atoms with Crippen molar-refractivity contribution in [1.29, 1.82) is 0 Å². The molecule has 0 saturated heterocycles. The molecule has 0 heterocycles. The normalized spacial score (nSPS) is 11.8. The molecule has 0 fully saturated rings. The largest absolute Gasteiger partial charge is 0.371 e. The van der Waals surface area contributed by atoms with Crippen molar-refractivity contribution in [3.8, 4) is 0 Å². The van der Waals surface area contributed by atoms with Crippen molar-refractivity contribution in [2.45, 2.75) is 59.5 Å². The van der Waals surface area contributed by atoms with Gasteiger partial charge in [0, 0.05) is 6.42 Å². The molecule has 0 spiro atoms. The third kappa shape index (κ3) is 12.1. The Morgan fingerprint density at radius 3 is 2.28 bits per heavy atom. The molecule has 0 aromatic heterocycles. The number of rotatable bonds is 11. The summed E-state index contributed by atoms with van der Waals surface area (Å²) in [6.07, 6.45) is 4.26. The number of Topliss-reactive ketones (excluding diaryl/α,β-unsaturated/α-hetero) is 1. The number of ketones is 1. The van der Waals surface area contributed by atoms with Crippen LogP contribution in [0, 0.1) is 5.92 Å². The van der Waals surface area contributed by atoms with Gasteiger partial charge in [0.15, 0.2) is 5.78 Å². The van der Waals surface area contributed by atoms with Crippen LogP contribution in [0.3, 0.4) is 0 Å². The predicted octanol–water partition coefficient (Wildman–Crippen LogP) is 3.13. The molecule has 18 heavy (non-hydrogen) atoms. The molecular weight excluding hydrogens is 226 g/mol. The Hall–Kier alpha value is -0.410. The minimum absolute atomic E-state index is 0.146. The van der Waals surface area contributed by atoms with Gasteiger partial charge in [-0.3, -0.25) is 4.79 Å². The molecule has 0 amide bonds. The first kappa shape index (κ1) is 17.6. The van der Waals surface area contributed by atoms with Crippen LogP contribution in [0.5, 0.6) is 0 Å². The molecule has 0 rings (SSSR count). The molecular formula is C15H31NO2. The lowest BCUT2D eigenvalue weighted by Crippen LogP contribution is -2.22. The maximum absolute atomic E-state index is 11.5. The fourth-order valence-corrected chi connectivity index (χ4v) is 1.76. The molecule has 0 aliphatic rings. The summed E-state index contributed by atoms with van der Waals surface area (Å²) in [6, 6.07) is 0. The first-order valence-corrected chi connectivity index (χ1v) is 7.23. The van der Waals surface area contributed by atoms with Crippen molar-refractivity contribution < 1.29 is 9.53 Å². The van der Waals surface area contributed by atoms with Crippen LogP contribution in [-0.2, 0) is 9.53 Å². The number of hydrogen-bond acceptors (Lipinski definition) is 3. The standard InChI is InChI=1S/C15H31NO2/c1-13(2)8-6-10-16(5)11-7-9-15(17)12-18-14(3)4/h13-14H,6-12H2,1-5H3. The molecule has 0 bridgehead atoms. The lowest BCUT2D eigenvalue weighted by Gasteiger charge is -2.16. The summed E-state index contributed by atoms with van der Waals surface area (Å²) in [5.41, 5.74) is 0. The van der Waals surface area contributed by atoms with Gasteiger partial charge in [0.2, 0.25) is 0 Å². The van der Waals surface area contributed by atoms with Crippen LogP contribution >= 0.6 is 0 Å². The van der Waals surface area contributed by atoms with Gasteiger partial charge in [-0.15, -0.1) is 0 Å². The highest BCUT2D eigenvalue weighted by molar-refractivity contribution is 5.79. The zero-order valence-corrected chi connectivity index (χ0v) is 12.9. The second kappa shape index (κ2) is 10.5. The Kier molecular flexibility index (Phi) is 10.3. The summed E-state index contributed by atoms with van der Waals surface area (Å²) in [5.74, 6) is 1.01. The Morgan fingerprint density at radius 2 is 1.72 bits per heavy atom. The number of carbonyl (C=O) groups is 1. The molecule has 0 aromatic rings. The van der Waals surface area contributed by atoms with E-state index in [1.165, 1.54) is 12.8 Å². The minimum Gasteiger partial charge on any atom is -0.371 e. The van der Waals surface area contributed by atoms with Gasteiger partial charge in [-0.05, 0) is 59.2 Å². The molecule has 0 aliphatic carbocycles. The molecule has 0 aliphatic heterocycles. The van der Waals surface area contributed by atoms with E-state index in [9.17, 15) is 4.79 Å². The van der Waals surface area contributed by atoms with Gasteiger partial charge in [-0.1, -0.05) is 13.8 Å². The maximum Gasteiger partial charge on any atom is 0.158 e. The van der Waals surface area contributed by atoms with E-state index in [2.05, 4.69) is 25.8 Å². The van der Waals surface area contributed by atoms with Crippen LogP contribution < -0.4 is 0 Å². The van der Waals surface area contributed by atoms with Crippen LogP contribution in [0.2, 0.25) is 0 Å². The van der Waals surface area contributed by atoms with Crippen molar-refractivity contribution in [1.82, 2.24) is 4.90 Å². The highest BCUT2D eigenvalue weighted by atomic mass is 16.5. The quantitative estimate of drug-likeness (QED) is 0.569. The first-order chi connectivity index (χ1) is 8.41. The van der Waals surface area contributed by atoms with Gasteiger partial charge >= 0.3 is 0 Å². The van der Waals surface area contributed by atoms with Crippen LogP contribution in [-0.4, -0.2) is 43.5 Å². The molecule has 0 aromatic carbocycles. The smallest absolute Gasteiger partial charge is 0.158 e. The van der Waals surface area contributed by atoms with E-state index in [0.717, 1.165) is 25.4 Å². The Morgan fingerprint density at radius 1 is 1.11 bits per heavy atom. The fraction of sp³-hybridized carbons (Fsp3) is 0.933. The van der Waals surface area contributed by atoms with Gasteiger partial charge in [0.25, 0.3) is 0 Å². The SMILES string of the molecule is CC(C)CCCN(C)CCCC(=O)COC(C)C. The second-order valence-corrected chi connectivity index (χ2v) is 5.84. The van der Waals surface area contributed by atoms with E-state index >= 15 is 0 Å². The average Bonchev–Trinajstić information content (AvgIpc) is 2.25. The van der Waals surface area contributed by atoms with Crippen molar-refractivity contribution >= 4 is 5.78 Å². The summed E-state index contributed by atoms with van der Waals surface area (Å²) in [4.78, 5) is 13.8. The van der Waals surface area contributed by atoms with E-state index in [0.29, 0.717) is 6.42 Å². The molecule has 0 unspecified atom stereocenters. The van der Waals surface area contributed by atoms with E-state index in [1.54, 1.807) is 0 Å². The van der Waals surface area contributed by atoms with Gasteiger partial charge in [-0.25, -0.2) is 0 Å². The van der Waals surface area contributed by atoms with Gasteiger partial charge in [0.05, 0.1) is 6.10 Å². The predicted molar refractivity (Wildman–Crippen MR) is 76.9 cm³/mol. The van der Waals surface area contributed by atoms with Crippen LogP contribution in [0.15, 0.2) is 0 Å². The fourth-order valence-electron chi connectivity index (χ4n) is 1.76. The van der Waals surface area contributed by atoms with Gasteiger partial charge in [-0.2, -0.15) is 0 Å². The van der Waals surface area contributed by atoms with Gasteiger partial charge < -0.3 is 9.64 Å². The van der Waals surface area contributed by atoms with E-state index < -0.39 is 0 Å². The highest BCUT2D eigenvalue weighted by Gasteiger charge is 2.05. The maximum atomic E-state index is 11.5. The molecule has 3 heteroatoms.